The van der Waals surface area contributed by atoms with Gasteiger partial charge < -0.3 is 4.90 Å². The van der Waals surface area contributed by atoms with Crippen LogP contribution in [0.5, 0.6) is 0 Å². The summed E-state index contributed by atoms with van der Waals surface area (Å²) in [5, 5.41) is 5.77. The van der Waals surface area contributed by atoms with Gasteiger partial charge in [-0.05, 0) is 52.2 Å². The molecule has 0 aliphatic rings. The molecular weight excluding hydrogens is 370 g/mol. The number of thiazole rings is 1. The molecule has 0 unspecified atom stereocenters. The van der Waals surface area contributed by atoms with E-state index in [0.29, 0.717) is 22.4 Å². The average molecular weight is 392 g/mol. The number of aromatic nitrogens is 3. The van der Waals surface area contributed by atoms with Crippen molar-refractivity contribution in [2.24, 2.45) is 0 Å². The Kier molecular flexibility index (Phi) is 5.60. The number of hydrogen-bond acceptors (Lipinski definition) is 5. The molecule has 138 valence electrons. The fourth-order valence-electron chi connectivity index (χ4n) is 2.66. The van der Waals surface area contributed by atoms with Crippen molar-refractivity contribution in [3.05, 3.63) is 40.7 Å². The van der Waals surface area contributed by atoms with Crippen LogP contribution in [0, 0.1) is 6.92 Å². The van der Waals surface area contributed by atoms with Gasteiger partial charge in [-0.1, -0.05) is 22.9 Å². The van der Waals surface area contributed by atoms with E-state index >= 15 is 0 Å². The lowest BCUT2D eigenvalue weighted by molar-refractivity contribution is 0.0979. The Morgan fingerprint density at radius 3 is 2.69 bits per heavy atom. The van der Waals surface area contributed by atoms with Gasteiger partial charge in [-0.3, -0.25) is 14.4 Å². The van der Waals surface area contributed by atoms with Gasteiger partial charge in [-0.25, -0.2) is 4.98 Å². The van der Waals surface area contributed by atoms with E-state index in [1.165, 1.54) is 11.3 Å². The molecule has 0 saturated carbocycles. The van der Waals surface area contributed by atoms with Gasteiger partial charge in [0.2, 0.25) is 0 Å². The number of fused-ring (bicyclic) bond motifs is 1. The third-order valence-corrected chi connectivity index (χ3v) is 5.36. The summed E-state index contributed by atoms with van der Waals surface area (Å²) in [5.41, 5.74) is 2.26. The summed E-state index contributed by atoms with van der Waals surface area (Å²) in [6.45, 7) is 5.97. The summed E-state index contributed by atoms with van der Waals surface area (Å²) < 4.78 is 2.79. The molecular formula is C18H22ClN5OS. The number of rotatable bonds is 6. The van der Waals surface area contributed by atoms with Crippen LogP contribution in [0.15, 0.2) is 24.3 Å². The first-order valence-corrected chi connectivity index (χ1v) is 9.65. The van der Waals surface area contributed by atoms with Crippen LogP contribution in [-0.2, 0) is 6.54 Å². The van der Waals surface area contributed by atoms with Gasteiger partial charge in [0, 0.05) is 30.4 Å². The smallest absolute Gasteiger partial charge is 0.280 e. The Morgan fingerprint density at radius 1 is 1.27 bits per heavy atom. The van der Waals surface area contributed by atoms with E-state index in [0.717, 1.165) is 29.0 Å². The highest BCUT2D eigenvalue weighted by Crippen LogP contribution is 2.31. The number of aryl methyl sites for hydroxylation is 2. The van der Waals surface area contributed by atoms with Crippen LogP contribution in [0.4, 0.5) is 5.13 Å². The molecule has 6 nitrogen and oxygen atoms in total. The summed E-state index contributed by atoms with van der Waals surface area (Å²) in [7, 11) is 3.97. The number of carbonyl (C=O) groups is 1. The normalized spacial score (nSPS) is 11.5. The number of nitrogens with zero attached hydrogens (tertiary/aromatic N) is 5. The SMILES string of the molecule is CCn1nc(C(=O)N(CCN(C)C)c2nc3ccc(Cl)cc3s2)cc1C. The molecule has 0 fully saturated rings. The molecule has 2 heterocycles. The minimum absolute atomic E-state index is 0.132. The van der Waals surface area contributed by atoms with Crippen LogP contribution in [0.25, 0.3) is 10.2 Å². The zero-order chi connectivity index (χ0) is 18.8. The van der Waals surface area contributed by atoms with Crippen molar-refractivity contribution in [2.45, 2.75) is 20.4 Å². The van der Waals surface area contributed by atoms with E-state index in [2.05, 4.69) is 10.1 Å². The van der Waals surface area contributed by atoms with Crippen molar-refractivity contribution in [1.29, 1.82) is 0 Å². The molecule has 1 aromatic carbocycles. The Labute approximate surface area is 162 Å². The average Bonchev–Trinajstić information content (AvgIpc) is 3.17. The number of benzene rings is 1. The third kappa shape index (κ3) is 3.90. The lowest BCUT2D eigenvalue weighted by Gasteiger charge is -2.21. The number of carbonyl (C=O) groups excluding carboxylic acids is 1. The highest BCUT2D eigenvalue weighted by atomic mass is 35.5. The molecule has 0 spiro atoms. The lowest BCUT2D eigenvalue weighted by atomic mass is 10.3. The number of halogens is 1. The molecule has 8 heteroatoms. The number of likely N-dealkylation sites (N-methyl/N-ethyl adjacent to an activating group) is 1. The molecule has 0 bridgehead atoms. The largest absolute Gasteiger partial charge is 0.308 e. The Hall–Kier alpha value is -1.96. The Bertz CT molecular complexity index is 933. The van der Waals surface area contributed by atoms with Gasteiger partial charge in [0.15, 0.2) is 10.8 Å². The van der Waals surface area contributed by atoms with Gasteiger partial charge in [-0.2, -0.15) is 5.10 Å². The molecule has 0 aliphatic carbocycles. The second-order valence-corrected chi connectivity index (χ2v) is 7.80. The lowest BCUT2D eigenvalue weighted by Crippen LogP contribution is -2.37. The van der Waals surface area contributed by atoms with E-state index in [9.17, 15) is 4.79 Å². The topological polar surface area (TPSA) is 54.3 Å². The summed E-state index contributed by atoms with van der Waals surface area (Å²) in [4.78, 5) is 21.5. The van der Waals surface area contributed by atoms with Crippen LogP contribution in [0.3, 0.4) is 0 Å². The second kappa shape index (κ2) is 7.73. The number of anilines is 1. The minimum Gasteiger partial charge on any atom is -0.308 e. The second-order valence-electron chi connectivity index (χ2n) is 6.36. The Balaban J connectivity index is 1.98. The van der Waals surface area contributed by atoms with Crippen molar-refractivity contribution in [3.63, 3.8) is 0 Å². The third-order valence-electron chi connectivity index (χ3n) is 4.09. The zero-order valence-corrected chi connectivity index (χ0v) is 16.9. The molecule has 3 rings (SSSR count). The molecule has 0 aliphatic heterocycles. The summed E-state index contributed by atoms with van der Waals surface area (Å²) in [5.74, 6) is -0.132. The fourth-order valence-corrected chi connectivity index (χ4v) is 3.92. The van der Waals surface area contributed by atoms with E-state index in [-0.39, 0.29) is 5.91 Å². The van der Waals surface area contributed by atoms with Crippen LogP contribution in [0.1, 0.15) is 23.1 Å². The monoisotopic (exact) mass is 391 g/mol. The van der Waals surface area contributed by atoms with E-state index in [1.54, 1.807) is 4.90 Å². The standard InChI is InChI=1S/C18H22ClN5OS/c1-5-24-12(2)10-15(21-24)17(25)23(9-8-22(3)4)18-20-14-7-6-13(19)11-16(14)26-18/h6-7,10-11H,5,8-9H2,1-4H3. The number of hydrogen-bond donors (Lipinski definition) is 0. The first-order chi connectivity index (χ1) is 12.4. The van der Waals surface area contributed by atoms with Gasteiger partial charge in [0.1, 0.15) is 0 Å². The highest BCUT2D eigenvalue weighted by molar-refractivity contribution is 7.22. The maximum atomic E-state index is 13.2. The fraction of sp³-hybridized carbons (Fsp3) is 0.389. The first-order valence-electron chi connectivity index (χ1n) is 8.46. The molecule has 26 heavy (non-hydrogen) atoms. The van der Waals surface area contributed by atoms with Crippen LogP contribution in [0.2, 0.25) is 5.02 Å². The van der Waals surface area contributed by atoms with Gasteiger partial charge in [-0.15, -0.1) is 0 Å². The van der Waals surface area contributed by atoms with Crippen LogP contribution < -0.4 is 4.90 Å². The maximum absolute atomic E-state index is 13.2. The predicted octanol–water partition coefficient (Wildman–Crippen LogP) is 3.68. The summed E-state index contributed by atoms with van der Waals surface area (Å²) in [6.07, 6.45) is 0. The molecule has 0 radical (unpaired) electrons. The summed E-state index contributed by atoms with van der Waals surface area (Å²) >= 11 is 7.55. The molecule has 0 atom stereocenters. The van der Waals surface area contributed by atoms with Crippen LogP contribution in [-0.4, -0.2) is 52.8 Å². The van der Waals surface area contributed by atoms with Crippen LogP contribution >= 0.6 is 22.9 Å². The van der Waals surface area contributed by atoms with Gasteiger partial charge >= 0.3 is 0 Å². The van der Waals surface area contributed by atoms with Crippen molar-refractivity contribution >= 4 is 44.2 Å². The van der Waals surface area contributed by atoms with E-state index in [4.69, 9.17) is 11.6 Å². The molecule has 2 aromatic heterocycles. The number of amides is 1. The quantitative estimate of drug-likeness (QED) is 0.643. The minimum atomic E-state index is -0.132. The highest BCUT2D eigenvalue weighted by Gasteiger charge is 2.24. The maximum Gasteiger partial charge on any atom is 0.280 e. The molecule has 0 saturated heterocycles. The molecule has 1 amide bonds. The summed E-state index contributed by atoms with van der Waals surface area (Å²) in [6, 6.07) is 7.40. The Morgan fingerprint density at radius 2 is 2.04 bits per heavy atom. The van der Waals surface area contributed by atoms with E-state index < -0.39 is 0 Å². The van der Waals surface area contributed by atoms with Crippen molar-refractivity contribution < 1.29 is 4.79 Å². The van der Waals surface area contributed by atoms with Gasteiger partial charge in [0.05, 0.1) is 10.2 Å². The van der Waals surface area contributed by atoms with Crippen molar-refractivity contribution in [1.82, 2.24) is 19.7 Å². The zero-order valence-electron chi connectivity index (χ0n) is 15.4. The van der Waals surface area contributed by atoms with Gasteiger partial charge in [0.25, 0.3) is 5.91 Å². The van der Waals surface area contributed by atoms with Crippen molar-refractivity contribution in [2.75, 3.05) is 32.1 Å². The first kappa shape index (κ1) is 18.8. The van der Waals surface area contributed by atoms with E-state index in [1.807, 2.05) is 61.8 Å². The van der Waals surface area contributed by atoms with Crippen molar-refractivity contribution in [3.8, 4) is 0 Å². The molecule has 0 N–H and O–H groups in total. The molecule has 3 aromatic rings. The predicted molar refractivity (Wildman–Crippen MR) is 107 cm³/mol.